The van der Waals surface area contributed by atoms with Crippen LogP contribution in [0.5, 0.6) is 0 Å². The number of hydrogen-bond acceptors (Lipinski definition) is 6. The Hall–Kier alpha value is -0.830. The second kappa shape index (κ2) is 11.7. The average molecular weight is 361 g/mol. The maximum atomic E-state index is 12.2. The Morgan fingerprint density at radius 2 is 1.96 bits per heavy atom. The second-order valence-electron chi connectivity index (χ2n) is 6.57. The van der Waals surface area contributed by atoms with Gasteiger partial charge in [0.1, 0.15) is 6.61 Å². The van der Waals surface area contributed by atoms with Crippen LogP contribution in [0.15, 0.2) is 0 Å². The molecule has 1 rings (SSSR count). The standard InChI is InChI=1S/C16H32N4O3S/c1-13(2)11-20-8-5-14(20)16(22)18-7-10-19(3)9-6-17-15(21)12-23-24-4/h13-14H,5-12H2,1-4H3,(H,17,21)(H,18,22). The topological polar surface area (TPSA) is 73.9 Å². The van der Waals surface area contributed by atoms with E-state index < -0.39 is 0 Å². The molecule has 2 amide bonds. The summed E-state index contributed by atoms with van der Waals surface area (Å²) in [6.45, 7) is 9.14. The molecule has 1 fully saturated rings. The maximum Gasteiger partial charge on any atom is 0.247 e. The first-order valence-electron chi connectivity index (χ1n) is 8.56. The fourth-order valence-electron chi connectivity index (χ4n) is 2.57. The predicted molar refractivity (Wildman–Crippen MR) is 97.8 cm³/mol. The molecule has 0 bridgehead atoms. The van der Waals surface area contributed by atoms with Gasteiger partial charge in [-0.25, -0.2) is 0 Å². The number of carbonyl (C=O) groups excluding carboxylic acids is 2. The van der Waals surface area contributed by atoms with E-state index in [1.807, 2.05) is 7.05 Å². The molecule has 1 unspecified atom stereocenters. The van der Waals surface area contributed by atoms with Crippen molar-refractivity contribution in [1.82, 2.24) is 20.4 Å². The Kier molecular flexibility index (Phi) is 10.3. The van der Waals surface area contributed by atoms with Crippen molar-refractivity contribution in [3.05, 3.63) is 0 Å². The zero-order chi connectivity index (χ0) is 17.9. The number of rotatable bonds is 12. The summed E-state index contributed by atoms with van der Waals surface area (Å²) < 4.78 is 4.95. The van der Waals surface area contributed by atoms with Crippen LogP contribution in [0.4, 0.5) is 0 Å². The molecule has 8 heteroatoms. The molecule has 1 heterocycles. The van der Waals surface area contributed by atoms with E-state index in [2.05, 4.69) is 34.3 Å². The van der Waals surface area contributed by atoms with Crippen LogP contribution in [0.2, 0.25) is 0 Å². The molecule has 1 aliphatic heterocycles. The molecule has 0 radical (unpaired) electrons. The summed E-state index contributed by atoms with van der Waals surface area (Å²) >= 11 is 1.18. The van der Waals surface area contributed by atoms with E-state index in [0.717, 1.165) is 32.6 Å². The normalized spacial score (nSPS) is 17.8. The van der Waals surface area contributed by atoms with Crippen molar-refractivity contribution in [3.8, 4) is 0 Å². The van der Waals surface area contributed by atoms with Crippen molar-refractivity contribution >= 4 is 23.9 Å². The largest absolute Gasteiger partial charge is 0.353 e. The summed E-state index contributed by atoms with van der Waals surface area (Å²) in [5.41, 5.74) is 0. The molecule has 0 saturated carbocycles. The van der Waals surface area contributed by atoms with Gasteiger partial charge in [0, 0.05) is 45.5 Å². The number of likely N-dealkylation sites (tertiary alicyclic amines) is 1. The Bertz CT molecular complexity index is 396. The van der Waals surface area contributed by atoms with Gasteiger partial charge in [-0.05, 0) is 31.4 Å². The SMILES string of the molecule is CSOCC(=O)NCCN(C)CCNC(=O)C1CCN1CC(C)C. The number of nitrogens with zero attached hydrogens (tertiary/aromatic N) is 2. The lowest BCUT2D eigenvalue weighted by atomic mass is 10.00. The van der Waals surface area contributed by atoms with E-state index in [9.17, 15) is 9.59 Å². The predicted octanol–water partition coefficient (Wildman–Crippen LogP) is 0.176. The highest BCUT2D eigenvalue weighted by Gasteiger charge is 2.33. The summed E-state index contributed by atoms with van der Waals surface area (Å²) in [5.74, 6) is 0.613. The first-order valence-corrected chi connectivity index (χ1v) is 9.71. The van der Waals surface area contributed by atoms with Gasteiger partial charge in [-0.3, -0.25) is 14.5 Å². The number of carbonyl (C=O) groups is 2. The van der Waals surface area contributed by atoms with Crippen LogP contribution in [0.25, 0.3) is 0 Å². The van der Waals surface area contributed by atoms with Crippen molar-refractivity contribution in [2.45, 2.75) is 26.3 Å². The molecule has 0 aliphatic carbocycles. The monoisotopic (exact) mass is 360 g/mol. The molecular weight excluding hydrogens is 328 g/mol. The first kappa shape index (κ1) is 21.2. The lowest BCUT2D eigenvalue weighted by molar-refractivity contribution is -0.131. The van der Waals surface area contributed by atoms with Crippen LogP contribution >= 0.6 is 12.0 Å². The van der Waals surface area contributed by atoms with Crippen LogP contribution < -0.4 is 10.6 Å². The van der Waals surface area contributed by atoms with E-state index in [4.69, 9.17) is 4.18 Å². The van der Waals surface area contributed by atoms with Crippen LogP contribution in [0.3, 0.4) is 0 Å². The Labute approximate surface area is 150 Å². The maximum absolute atomic E-state index is 12.2. The van der Waals surface area contributed by atoms with Gasteiger partial charge in [0.2, 0.25) is 11.8 Å². The molecule has 0 aromatic rings. The molecule has 0 aromatic heterocycles. The highest BCUT2D eigenvalue weighted by Crippen LogP contribution is 2.18. The molecule has 2 N–H and O–H groups in total. The highest BCUT2D eigenvalue weighted by atomic mass is 32.2. The van der Waals surface area contributed by atoms with Crippen molar-refractivity contribution < 1.29 is 13.8 Å². The van der Waals surface area contributed by atoms with E-state index in [0.29, 0.717) is 19.0 Å². The Balaban J connectivity index is 2.07. The summed E-state index contributed by atoms with van der Waals surface area (Å²) in [6, 6.07) is 0.0495. The highest BCUT2D eigenvalue weighted by molar-refractivity contribution is 7.93. The number of likely N-dealkylation sites (N-methyl/N-ethyl adjacent to an activating group) is 1. The number of amides is 2. The Morgan fingerprint density at radius 3 is 2.50 bits per heavy atom. The molecule has 1 saturated heterocycles. The smallest absolute Gasteiger partial charge is 0.247 e. The van der Waals surface area contributed by atoms with E-state index >= 15 is 0 Å². The van der Waals surface area contributed by atoms with Crippen molar-refractivity contribution in [3.63, 3.8) is 0 Å². The first-order chi connectivity index (χ1) is 11.4. The zero-order valence-electron chi connectivity index (χ0n) is 15.3. The van der Waals surface area contributed by atoms with Crippen LogP contribution in [0, 0.1) is 5.92 Å². The fourth-order valence-corrected chi connectivity index (χ4v) is 2.80. The van der Waals surface area contributed by atoms with Crippen molar-refractivity contribution in [2.24, 2.45) is 5.92 Å². The lowest BCUT2D eigenvalue weighted by Crippen LogP contribution is -2.57. The molecular formula is C16H32N4O3S. The molecule has 1 aliphatic rings. The van der Waals surface area contributed by atoms with Gasteiger partial charge in [0.05, 0.1) is 6.04 Å². The van der Waals surface area contributed by atoms with Crippen molar-refractivity contribution in [1.29, 1.82) is 0 Å². The van der Waals surface area contributed by atoms with Gasteiger partial charge < -0.3 is 19.7 Å². The van der Waals surface area contributed by atoms with E-state index in [1.165, 1.54) is 12.0 Å². The van der Waals surface area contributed by atoms with E-state index in [-0.39, 0.29) is 24.5 Å². The molecule has 7 nitrogen and oxygen atoms in total. The quantitative estimate of drug-likeness (QED) is 0.484. The summed E-state index contributed by atoms with van der Waals surface area (Å²) in [4.78, 5) is 27.9. The minimum absolute atomic E-state index is 0.0495. The minimum Gasteiger partial charge on any atom is -0.353 e. The number of nitrogens with one attached hydrogen (secondary N) is 2. The lowest BCUT2D eigenvalue weighted by Gasteiger charge is -2.40. The van der Waals surface area contributed by atoms with E-state index in [1.54, 1.807) is 6.26 Å². The third-order valence-corrected chi connectivity index (χ3v) is 4.30. The Morgan fingerprint density at radius 1 is 1.29 bits per heavy atom. The van der Waals surface area contributed by atoms with Gasteiger partial charge >= 0.3 is 0 Å². The summed E-state index contributed by atoms with van der Waals surface area (Å²) in [7, 11) is 1.98. The third-order valence-electron chi connectivity index (χ3n) is 3.95. The van der Waals surface area contributed by atoms with Crippen LogP contribution in [-0.2, 0) is 13.8 Å². The van der Waals surface area contributed by atoms with Gasteiger partial charge in [-0.2, -0.15) is 0 Å². The van der Waals surface area contributed by atoms with Gasteiger partial charge in [0.25, 0.3) is 0 Å². The number of hydrogen-bond donors (Lipinski definition) is 2. The second-order valence-corrected chi connectivity index (χ2v) is 7.14. The molecule has 140 valence electrons. The van der Waals surface area contributed by atoms with Crippen LogP contribution in [-0.4, -0.2) is 86.8 Å². The van der Waals surface area contributed by atoms with Gasteiger partial charge in [-0.1, -0.05) is 13.8 Å². The summed E-state index contributed by atoms with van der Waals surface area (Å²) in [5, 5.41) is 5.81. The zero-order valence-corrected chi connectivity index (χ0v) is 16.2. The summed E-state index contributed by atoms with van der Waals surface area (Å²) in [6.07, 6.45) is 2.74. The average Bonchev–Trinajstić information content (AvgIpc) is 2.49. The van der Waals surface area contributed by atoms with Crippen molar-refractivity contribution in [2.75, 3.05) is 59.2 Å². The van der Waals surface area contributed by atoms with Gasteiger partial charge in [-0.15, -0.1) is 0 Å². The molecule has 24 heavy (non-hydrogen) atoms. The molecule has 0 aromatic carbocycles. The minimum atomic E-state index is -0.110. The third kappa shape index (κ3) is 8.32. The molecule has 1 atom stereocenters. The van der Waals surface area contributed by atoms with Crippen LogP contribution in [0.1, 0.15) is 20.3 Å². The fraction of sp³-hybridized carbons (Fsp3) is 0.875. The van der Waals surface area contributed by atoms with Gasteiger partial charge in [0.15, 0.2) is 0 Å². The molecule has 0 spiro atoms.